The number of likely N-dealkylation sites (N-methyl/N-ethyl adjacent to an activating group) is 1. The molecule has 0 spiro atoms. The van der Waals surface area contributed by atoms with Gasteiger partial charge >= 0.3 is 6.36 Å². The SMILES string of the molecule is CN(C(=O)Cc1ccc(O)c(OC(F)(F)F)c1)C1CC1. The molecular weight excluding hydrogens is 275 g/mol. The van der Waals surface area contributed by atoms with E-state index in [2.05, 4.69) is 4.74 Å². The Bertz CT molecular complexity index is 512. The Hall–Kier alpha value is -1.92. The Labute approximate surface area is 113 Å². The number of rotatable bonds is 4. The summed E-state index contributed by atoms with van der Waals surface area (Å²) >= 11 is 0. The van der Waals surface area contributed by atoms with Crippen LogP contribution >= 0.6 is 0 Å². The molecule has 0 aromatic heterocycles. The second kappa shape index (κ2) is 5.22. The molecule has 1 aromatic carbocycles. The Morgan fingerprint density at radius 1 is 1.45 bits per heavy atom. The lowest BCUT2D eigenvalue weighted by Crippen LogP contribution is -2.30. The number of halogens is 3. The van der Waals surface area contributed by atoms with E-state index in [1.54, 1.807) is 11.9 Å². The van der Waals surface area contributed by atoms with Crippen LogP contribution in [0.15, 0.2) is 18.2 Å². The third-order valence-electron chi connectivity index (χ3n) is 3.09. The summed E-state index contributed by atoms with van der Waals surface area (Å²) in [5.74, 6) is -1.48. The second-order valence-electron chi connectivity index (χ2n) is 4.76. The molecule has 20 heavy (non-hydrogen) atoms. The number of carbonyl (C=O) groups excluding carboxylic acids is 1. The van der Waals surface area contributed by atoms with Crippen molar-refractivity contribution in [2.24, 2.45) is 0 Å². The molecule has 7 heteroatoms. The first-order chi connectivity index (χ1) is 9.26. The highest BCUT2D eigenvalue weighted by Crippen LogP contribution is 2.32. The number of alkyl halides is 3. The number of ether oxygens (including phenoxy) is 1. The predicted molar refractivity (Wildman–Crippen MR) is 64.3 cm³/mol. The third kappa shape index (κ3) is 3.79. The van der Waals surface area contributed by atoms with Gasteiger partial charge in [0.05, 0.1) is 6.42 Å². The van der Waals surface area contributed by atoms with Crippen molar-refractivity contribution < 1.29 is 27.8 Å². The van der Waals surface area contributed by atoms with Crippen LogP contribution in [0.2, 0.25) is 0 Å². The van der Waals surface area contributed by atoms with E-state index in [0.717, 1.165) is 25.0 Å². The lowest BCUT2D eigenvalue weighted by molar-refractivity contribution is -0.275. The highest BCUT2D eigenvalue weighted by molar-refractivity contribution is 5.79. The summed E-state index contributed by atoms with van der Waals surface area (Å²) in [6.07, 6.45) is -2.99. The van der Waals surface area contributed by atoms with Crippen LogP contribution in [0.3, 0.4) is 0 Å². The summed E-state index contributed by atoms with van der Waals surface area (Å²) in [4.78, 5) is 13.5. The molecule has 1 fully saturated rings. The molecule has 0 unspecified atom stereocenters. The average molecular weight is 289 g/mol. The highest BCUT2D eigenvalue weighted by atomic mass is 19.4. The van der Waals surface area contributed by atoms with Gasteiger partial charge in [-0.05, 0) is 30.5 Å². The zero-order chi connectivity index (χ0) is 14.9. The maximum atomic E-state index is 12.1. The van der Waals surface area contributed by atoms with Crippen molar-refractivity contribution in [1.29, 1.82) is 0 Å². The fourth-order valence-electron chi connectivity index (χ4n) is 1.84. The van der Waals surface area contributed by atoms with Gasteiger partial charge in [-0.25, -0.2) is 0 Å². The first-order valence-electron chi connectivity index (χ1n) is 6.09. The van der Waals surface area contributed by atoms with Crippen molar-refractivity contribution in [1.82, 2.24) is 4.90 Å². The van der Waals surface area contributed by atoms with E-state index in [4.69, 9.17) is 0 Å². The highest BCUT2D eigenvalue weighted by Gasteiger charge is 2.33. The molecular formula is C13H14F3NO3. The maximum absolute atomic E-state index is 12.1. The number of phenols is 1. The summed E-state index contributed by atoms with van der Waals surface area (Å²) in [6.45, 7) is 0. The lowest BCUT2D eigenvalue weighted by Gasteiger charge is -2.17. The average Bonchev–Trinajstić information content (AvgIpc) is 3.14. The molecule has 0 radical (unpaired) electrons. The zero-order valence-corrected chi connectivity index (χ0v) is 10.8. The number of hydrogen-bond donors (Lipinski definition) is 1. The number of aromatic hydroxyl groups is 1. The monoisotopic (exact) mass is 289 g/mol. The van der Waals surface area contributed by atoms with Crippen molar-refractivity contribution in [2.75, 3.05) is 7.05 Å². The van der Waals surface area contributed by atoms with Crippen LogP contribution in [0.1, 0.15) is 18.4 Å². The minimum Gasteiger partial charge on any atom is -0.504 e. The predicted octanol–water partition coefficient (Wildman–Crippen LogP) is 2.45. The zero-order valence-electron chi connectivity index (χ0n) is 10.8. The number of benzene rings is 1. The van der Waals surface area contributed by atoms with Crippen molar-refractivity contribution in [3.63, 3.8) is 0 Å². The van der Waals surface area contributed by atoms with E-state index < -0.39 is 17.9 Å². The van der Waals surface area contributed by atoms with Crippen LogP contribution in [0.5, 0.6) is 11.5 Å². The number of nitrogens with zero attached hydrogens (tertiary/aromatic N) is 1. The minimum atomic E-state index is -4.88. The van der Waals surface area contributed by atoms with Crippen molar-refractivity contribution >= 4 is 5.91 Å². The van der Waals surface area contributed by atoms with Crippen molar-refractivity contribution in [3.05, 3.63) is 23.8 Å². The maximum Gasteiger partial charge on any atom is 0.573 e. The van der Waals surface area contributed by atoms with Crippen LogP contribution in [0.4, 0.5) is 13.2 Å². The largest absolute Gasteiger partial charge is 0.573 e. The van der Waals surface area contributed by atoms with Gasteiger partial charge in [0.15, 0.2) is 11.5 Å². The summed E-state index contributed by atoms with van der Waals surface area (Å²) in [5, 5.41) is 9.32. The Morgan fingerprint density at radius 3 is 2.65 bits per heavy atom. The number of phenolic OH excluding ortho intramolecular Hbond substituents is 1. The normalized spacial score (nSPS) is 15.0. The summed E-state index contributed by atoms with van der Waals surface area (Å²) in [5.41, 5.74) is 0.361. The smallest absolute Gasteiger partial charge is 0.504 e. The second-order valence-corrected chi connectivity index (χ2v) is 4.76. The number of hydrogen-bond acceptors (Lipinski definition) is 3. The first-order valence-corrected chi connectivity index (χ1v) is 6.09. The van der Waals surface area contributed by atoms with Gasteiger partial charge in [0.1, 0.15) is 0 Å². The molecule has 2 rings (SSSR count). The Morgan fingerprint density at radius 2 is 2.10 bits per heavy atom. The van der Waals surface area contributed by atoms with Crippen LogP contribution < -0.4 is 4.74 Å². The number of carbonyl (C=O) groups is 1. The Kier molecular flexibility index (Phi) is 3.78. The van der Waals surface area contributed by atoms with Crippen LogP contribution in [0.25, 0.3) is 0 Å². The van der Waals surface area contributed by atoms with Gasteiger partial charge in [0.25, 0.3) is 0 Å². The van der Waals surface area contributed by atoms with Gasteiger partial charge in [-0.1, -0.05) is 6.07 Å². The minimum absolute atomic E-state index is 0.0263. The van der Waals surface area contributed by atoms with Crippen LogP contribution in [-0.4, -0.2) is 35.4 Å². The molecule has 0 atom stereocenters. The van der Waals surface area contributed by atoms with Gasteiger partial charge in [0, 0.05) is 13.1 Å². The van der Waals surface area contributed by atoms with E-state index in [1.165, 1.54) is 6.07 Å². The fourth-order valence-corrected chi connectivity index (χ4v) is 1.84. The fraction of sp³-hybridized carbons (Fsp3) is 0.462. The first kappa shape index (κ1) is 14.5. The molecule has 1 aliphatic rings. The topological polar surface area (TPSA) is 49.8 Å². The molecule has 0 heterocycles. The van der Waals surface area contributed by atoms with Gasteiger partial charge in [-0.15, -0.1) is 13.2 Å². The molecule has 0 bridgehead atoms. The molecule has 4 nitrogen and oxygen atoms in total. The molecule has 0 saturated heterocycles. The van der Waals surface area contributed by atoms with Crippen LogP contribution in [0, 0.1) is 0 Å². The van der Waals surface area contributed by atoms with Crippen LogP contribution in [-0.2, 0) is 11.2 Å². The molecule has 1 saturated carbocycles. The molecule has 1 aromatic rings. The van der Waals surface area contributed by atoms with Crippen molar-refractivity contribution in [2.45, 2.75) is 31.7 Å². The molecule has 0 aliphatic heterocycles. The van der Waals surface area contributed by atoms with Gasteiger partial charge in [-0.2, -0.15) is 0 Å². The van der Waals surface area contributed by atoms with E-state index in [0.29, 0.717) is 5.56 Å². The molecule has 1 amide bonds. The van der Waals surface area contributed by atoms with Gasteiger partial charge < -0.3 is 14.7 Å². The number of amides is 1. The van der Waals surface area contributed by atoms with E-state index in [9.17, 15) is 23.1 Å². The van der Waals surface area contributed by atoms with E-state index in [-0.39, 0.29) is 18.4 Å². The summed E-state index contributed by atoms with van der Waals surface area (Å²) < 4.78 is 40.1. The lowest BCUT2D eigenvalue weighted by atomic mass is 10.1. The molecule has 1 aliphatic carbocycles. The van der Waals surface area contributed by atoms with Crippen molar-refractivity contribution in [3.8, 4) is 11.5 Å². The van der Waals surface area contributed by atoms with Gasteiger partial charge in [-0.3, -0.25) is 4.79 Å². The van der Waals surface area contributed by atoms with E-state index in [1.807, 2.05) is 0 Å². The Balaban J connectivity index is 2.08. The van der Waals surface area contributed by atoms with Gasteiger partial charge in [0.2, 0.25) is 5.91 Å². The molecule has 110 valence electrons. The third-order valence-corrected chi connectivity index (χ3v) is 3.09. The summed E-state index contributed by atoms with van der Waals surface area (Å²) in [7, 11) is 1.67. The summed E-state index contributed by atoms with van der Waals surface area (Å²) in [6, 6.07) is 3.75. The van der Waals surface area contributed by atoms with E-state index >= 15 is 0 Å². The quantitative estimate of drug-likeness (QED) is 0.926. The standard InChI is InChI=1S/C13H14F3NO3/c1-17(9-3-4-9)12(19)7-8-2-5-10(18)11(6-8)20-13(14,15)16/h2,5-6,9,18H,3-4,7H2,1H3. The molecule has 1 N–H and O–H groups in total.